The molecular weight excluding hydrogens is 263 g/mol. The first-order chi connectivity index (χ1) is 8.70. The third-order valence-electron chi connectivity index (χ3n) is 3.46. The van der Waals surface area contributed by atoms with E-state index in [4.69, 9.17) is 0 Å². The van der Waals surface area contributed by atoms with Gasteiger partial charge in [0.1, 0.15) is 6.42 Å². The Kier molecular flexibility index (Phi) is 4.81. The molecule has 19 heavy (non-hydrogen) atoms. The molecule has 0 aromatic heterocycles. The Morgan fingerprint density at radius 2 is 2.00 bits per heavy atom. The van der Waals surface area contributed by atoms with E-state index in [9.17, 15) is 27.9 Å². The number of hydrogen-bond donors (Lipinski definition) is 1. The molecule has 1 amide bonds. The number of likely N-dealkylation sites (tertiary alicyclic amines) is 1. The molecule has 1 fully saturated rings. The van der Waals surface area contributed by atoms with Gasteiger partial charge in [-0.1, -0.05) is 13.3 Å². The average molecular weight is 281 g/mol. The third kappa shape index (κ3) is 4.11. The SMILES string of the molecule is CCCC1(C(=O)O)CCCN(C(=O)CC(F)(F)F)C1. The van der Waals surface area contributed by atoms with Gasteiger partial charge in [0.15, 0.2) is 0 Å². The van der Waals surface area contributed by atoms with Gasteiger partial charge in [0, 0.05) is 13.1 Å². The second-order valence-corrected chi connectivity index (χ2v) is 5.05. The minimum atomic E-state index is -4.55. The van der Waals surface area contributed by atoms with E-state index in [0.717, 1.165) is 4.90 Å². The number of carbonyl (C=O) groups is 2. The fourth-order valence-electron chi connectivity index (χ4n) is 2.59. The predicted molar refractivity (Wildman–Crippen MR) is 61.5 cm³/mol. The summed E-state index contributed by atoms with van der Waals surface area (Å²) in [5.74, 6) is -2.06. The zero-order valence-corrected chi connectivity index (χ0v) is 10.8. The van der Waals surface area contributed by atoms with Crippen molar-refractivity contribution >= 4 is 11.9 Å². The summed E-state index contributed by atoms with van der Waals surface area (Å²) in [6.45, 7) is 1.90. The van der Waals surface area contributed by atoms with Gasteiger partial charge >= 0.3 is 12.1 Å². The van der Waals surface area contributed by atoms with E-state index in [1.165, 1.54) is 0 Å². The van der Waals surface area contributed by atoms with Crippen LogP contribution in [0, 0.1) is 5.41 Å². The van der Waals surface area contributed by atoms with E-state index in [1.54, 1.807) is 0 Å². The second kappa shape index (κ2) is 5.79. The number of piperidine rings is 1. The van der Waals surface area contributed by atoms with Gasteiger partial charge in [0.05, 0.1) is 5.41 Å². The molecule has 1 heterocycles. The second-order valence-electron chi connectivity index (χ2n) is 5.05. The van der Waals surface area contributed by atoms with E-state index >= 15 is 0 Å². The maximum absolute atomic E-state index is 12.2. The number of halogens is 3. The van der Waals surface area contributed by atoms with Crippen molar-refractivity contribution < 1.29 is 27.9 Å². The molecule has 1 unspecified atom stereocenters. The minimum absolute atomic E-state index is 0.120. The van der Waals surface area contributed by atoms with Crippen LogP contribution in [0.3, 0.4) is 0 Å². The molecule has 110 valence electrons. The smallest absolute Gasteiger partial charge is 0.397 e. The summed E-state index contributed by atoms with van der Waals surface area (Å²) in [5, 5.41) is 9.29. The zero-order valence-electron chi connectivity index (χ0n) is 10.8. The lowest BCUT2D eigenvalue weighted by atomic mass is 9.76. The van der Waals surface area contributed by atoms with Crippen LogP contribution in [-0.4, -0.2) is 41.1 Å². The first-order valence-electron chi connectivity index (χ1n) is 6.28. The first kappa shape index (κ1) is 15.8. The quantitative estimate of drug-likeness (QED) is 0.861. The van der Waals surface area contributed by atoms with Crippen molar-refractivity contribution in [2.45, 2.75) is 45.2 Å². The summed E-state index contributed by atoms with van der Waals surface area (Å²) in [6, 6.07) is 0. The largest absolute Gasteiger partial charge is 0.481 e. The van der Waals surface area contributed by atoms with E-state index in [1.807, 2.05) is 6.92 Å². The van der Waals surface area contributed by atoms with E-state index in [2.05, 4.69) is 0 Å². The van der Waals surface area contributed by atoms with Crippen LogP contribution < -0.4 is 0 Å². The molecule has 0 bridgehead atoms. The first-order valence-corrected chi connectivity index (χ1v) is 6.28. The molecule has 1 rings (SSSR count). The van der Waals surface area contributed by atoms with Gasteiger partial charge in [-0.25, -0.2) is 0 Å². The molecule has 0 saturated carbocycles. The molecule has 0 radical (unpaired) electrons. The number of alkyl halides is 3. The van der Waals surface area contributed by atoms with Crippen LogP contribution in [0.4, 0.5) is 13.2 Å². The number of carboxylic acids is 1. The molecule has 4 nitrogen and oxygen atoms in total. The summed E-state index contributed by atoms with van der Waals surface area (Å²) >= 11 is 0. The number of rotatable bonds is 4. The lowest BCUT2D eigenvalue weighted by Gasteiger charge is -2.40. The normalized spacial score (nSPS) is 24.3. The van der Waals surface area contributed by atoms with Crippen LogP contribution in [0.2, 0.25) is 0 Å². The summed E-state index contributed by atoms with van der Waals surface area (Å²) in [6.07, 6.45) is -4.24. The monoisotopic (exact) mass is 281 g/mol. The van der Waals surface area contributed by atoms with Crippen molar-refractivity contribution in [2.75, 3.05) is 13.1 Å². The molecule has 0 aliphatic carbocycles. The number of hydrogen-bond acceptors (Lipinski definition) is 2. The van der Waals surface area contributed by atoms with Crippen molar-refractivity contribution in [3.63, 3.8) is 0 Å². The molecule has 1 saturated heterocycles. The van der Waals surface area contributed by atoms with Gasteiger partial charge in [0.25, 0.3) is 0 Å². The maximum Gasteiger partial charge on any atom is 0.397 e. The van der Waals surface area contributed by atoms with Crippen molar-refractivity contribution in [2.24, 2.45) is 5.41 Å². The van der Waals surface area contributed by atoms with Crippen LogP contribution in [0.1, 0.15) is 39.0 Å². The highest BCUT2D eigenvalue weighted by Gasteiger charge is 2.44. The Morgan fingerprint density at radius 1 is 1.37 bits per heavy atom. The fourth-order valence-corrected chi connectivity index (χ4v) is 2.59. The number of nitrogens with zero attached hydrogens (tertiary/aromatic N) is 1. The van der Waals surface area contributed by atoms with Gasteiger partial charge in [0.2, 0.25) is 5.91 Å². The lowest BCUT2D eigenvalue weighted by Crippen LogP contribution is -2.50. The molecule has 1 aliphatic rings. The maximum atomic E-state index is 12.2. The van der Waals surface area contributed by atoms with Crippen molar-refractivity contribution in [3.05, 3.63) is 0 Å². The van der Waals surface area contributed by atoms with Crippen LogP contribution in [-0.2, 0) is 9.59 Å². The van der Waals surface area contributed by atoms with Gasteiger partial charge in [-0.2, -0.15) is 13.2 Å². The van der Waals surface area contributed by atoms with Crippen molar-refractivity contribution in [1.29, 1.82) is 0 Å². The Hall–Kier alpha value is -1.27. The Labute approximate surface area is 109 Å². The molecule has 1 N–H and O–H groups in total. The van der Waals surface area contributed by atoms with E-state index < -0.39 is 29.9 Å². The lowest BCUT2D eigenvalue weighted by molar-refractivity contribution is -0.166. The number of carbonyl (C=O) groups excluding carboxylic acids is 1. The highest BCUT2D eigenvalue weighted by atomic mass is 19.4. The van der Waals surface area contributed by atoms with Gasteiger partial charge < -0.3 is 10.0 Å². The van der Waals surface area contributed by atoms with E-state index in [-0.39, 0.29) is 13.1 Å². The average Bonchev–Trinajstić information content (AvgIpc) is 2.27. The third-order valence-corrected chi connectivity index (χ3v) is 3.46. The summed E-state index contributed by atoms with van der Waals surface area (Å²) in [7, 11) is 0. The van der Waals surface area contributed by atoms with Crippen molar-refractivity contribution in [3.8, 4) is 0 Å². The topological polar surface area (TPSA) is 57.6 Å². The van der Waals surface area contributed by atoms with Crippen LogP contribution >= 0.6 is 0 Å². The summed E-state index contributed by atoms with van der Waals surface area (Å²) < 4.78 is 36.6. The number of amides is 1. The highest BCUT2D eigenvalue weighted by molar-refractivity contribution is 5.80. The molecular formula is C12H18F3NO3. The molecule has 0 aromatic rings. The van der Waals surface area contributed by atoms with Crippen LogP contribution in [0.15, 0.2) is 0 Å². The predicted octanol–water partition coefficient (Wildman–Crippen LogP) is 2.43. The van der Waals surface area contributed by atoms with Crippen molar-refractivity contribution in [1.82, 2.24) is 4.90 Å². The van der Waals surface area contributed by atoms with Crippen LogP contribution in [0.5, 0.6) is 0 Å². The fraction of sp³-hybridized carbons (Fsp3) is 0.833. The molecule has 1 atom stereocenters. The van der Waals surface area contributed by atoms with Crippen LogP contribution in [0.25, 0.3) is 0 Å². The van der Waals surface area contributed by atoms with E-state index in [0.29, 0.717) is 25.7 Å². The summed E-state index contributed by atoms with van der Waals surface area (Å²) in [5.41, 5.74) is -1.09. The molecule has 1 aliphatic heterocycles. The zero-order chi connectivity index (χ0) is 14.7. The number of carboxylic acid groups (broad SMARTS) is 1. The standard InChI is InChI=1S/C12H18F3NO3/c1-2-4-11(10(18)19)5-3-6-16(8-11)9(17)7-12(13,14)15/h2-8H2,1H3,(H,18,19). The Bertz CT molecular complexity index is 353. The molecule has 7 heteroatoms. The highest BCUT2D eigenvalue weighted by Crippen LogP contribution is 2.35. The van der Waals surface area contributed by atoms with Gasteiger partial charge in [-0.15, -0.1) is 0 Å². The Morgan fingerprint density at radius 3 is 2.47 bits per heavy atom. The molecule has 0 spiro atoms. The van der Waals surface area contributed by atoms with Gasteiger partial charge in [-0.05, 0) is 19.3 Å². The minimum Gasteiger partial charge on any atom is -0.481 e. The molecule has 0 aromatic carbocycles. The van der Waals surface area contributed by atoms with Gasteiger partial charge in [-0.3, -0.25) is 9.59 Å². The Balaban J connectivity index is 2.77. The number of aliphatic carboxylic acids is 1. The summed E-state index contributed by atoms with van der Waals surface area (Å²) in [4.78, 5) is 23.9.